The number of hydrogen-bond donors (Lipinski definition) is 3. The van der Waals surface area contributed by atoms with E-state index in [1.807, 2.05) is 6.07 Å². The number of alkyl halides is 3. The standard InChI is InChI=1S/C17H25F3N2S.C4H4O4/c1-13(2)11-22(15-6-8-21-9-7-15)12-14-4-3-5-16(10-14)23-17(18,19)20;5-3(6)1-2-4(7)8/h3-5,10,13,15,21H,6-9,11-12H2,1-2H3;1-2H,(H,5,6)(H,7,8). The number of carboxylic acid groups (broad SMARTS) is 2. The molecule has 2 rings (SSSR count). The first-order valence-electron chi connectivity index (χ1n) is 9.89. The molecule has 0 unspecified atom stereocenters. The summed E-state index contributed by atoms with van der Waals surface area (Å²) in [6.45, 7) is 8.09. The smallest absolute Gasteiger partial charge is 0.446 e. The van der Waals surface area contributed by atoms with Gasteiger partial charge in [0.05, 0.1) is 0 Å². The zero-order valence-electron chi connectivity index (χ0n) is 17.6. The summed E-state index contributed by atoms with van der Waals surface area (Å²) in [5.74, 6) is -1.97. The van der Waals surface area contributed by atoms with Crippen molar-refractivity contribution in [1.82, 2.24) is 10.2 Å². The van der Waals surface area contributed by atoms with Gasteiger partial charge in [-0.1, -0.05) is 26.0 Å². The van der Waals surface area contributed by atoms with Gasteiger partial charge in [-0.25, -0.2) is 9.59 Å². The van der Waals surface area contributed by atoms with E-state index >= 15 is 0 Å². The maximum absolute atomic E-state index is 12.5. The molecule has 1 aliphatic heterocycles. The minimum Gasteiger partial charge on any atom is -0.478 e. The molecular weight excluding hydrogens is 433 g/mol. The van der Waals surface area contributed by atoms with Gasteiger partial charge in [-0.2, -0.15) is 13.2 Å². The second kappa shape index (κ2) is 13.4. The monoisotopic (exact) mass is 462 g/mol. The maximum Gasteiger partial charge on any atom is 0.446 e. The van der Waals surface area contributed by atoms with Crippen molar-refractivity contribution in [3.8, 4) is 0 Å². The van der Waals surface area contributed by atoms with Crippen molar-refractivity contribution in [2.75, 3.05) is 19.6 Å². The molecule has 0 radical (unpaired) electrons. The maximum atomic E-state index is 12.5. The number of rotatable bonds is 8. The van der Waals surface area contributed by atoms with Crippen LogP contribution in [0.5, 0.6) is 0 Å². The molecule has 0 saturated carbocycles. The Morgan fingerprint density at radius 1 is 1.19 bits per heavy atom. The molecule has 0 aliphatic carbocycles. The number of hydrogen-bond acceptors (Lipinski definition) is 5. The van der Waals surface area contributed by atoms with E-state index in [0.29, 0.717) is 24.1 Å². The molecule has 1 aromatic rings. The van der Waals surface area contributed by atoms with E-state index in [-0.39, 0.29) is 16.7 Å². The van der Waals surface area contributed by atoms with E-state index in [4.69, 9.17) is 10.2 Å². The second-order valence-electron chi connectivity index (χ2n) is 7.51. The Kier molecular flexibility index (Phi) is 11.7. The van der Waals surface area contributed by atoms with Crippen LogP contribution in [-0.2, 0) is 16.1 Å². The van der Waals surface area contributed by atoms with E-state index in [1.54, 1.807) is 12.1 Å². The number of thioether (sulfide) groups is 1. The van der Waals surface area contributed by atoms with Crippen LogP contribution in [-0.4, -0.2) is 58.2 Å². The number of halogens is 3. The van der Waals surface area contributed by atoms with Gasteiger partial charge in [0, 0.05) is 36.2 Å². The highest BCUT2D eigenvalue weighted by Gasteiger charge is 2.29. The van der Waals surface area contributed by atoms with Gasteiger partial charge in [0.15, 0.2) is 0 Å². The van der Waals surface area contributed by atoms with Crippen LogP contribution in [0.4, 0.5) is 13.2 Å². The molecule has 1 aromatic carbocycles. The predicted molar refractivity (Wildman–Crippen MR) is 114 cm³/mol. The van der Waals surface area contributed by atoms with Gasteiger partial charge in [0.1, 0.15) is 0 Å². The summed E-state index contributed by atoms with van der Waals surface area (Å²) in [6, 6.07) is 7.36. The van der Waals surface area contributed by atoms with Gasteiger partial charge in [0.25, 0.3) is 0 Å². The van der Waals surface area contributed by atoms with Crippen molar-refractivity contribution in [3.05, 3.63) is 42.0 Å². The van der Waals surface area contributed by atoms with Crippen LogP contribution >= 0.6 is 11.8 Å². The zero-order valence-corrected chi connectivity index (χ0v) is 18.4. The molecule has 31 heavy (non-hydrogen) atoms. The molecule has 0 amide bonds. The van der Waals surface area contributed by atoms with Gasteiger partial charge < -0.3 is 15.5 Å². The largest absolute Gasteiger partial charge is 0.478 e. The third-order valence-corrected chi connectivity index (χ3v) is 5.03. The van der Waals surface area contributed by atoms with Crippen LogP contribution in [0, 0.1) is 5.92 Å². The number of carboxylic acids is 2. The number of carbonyl (C=O) groups is 2. The minimum atomic E-state index is -4.23. The third-order valence-electron chi connectivity index (χ3n) is 4.31. The first-order chi connectivity index (χ1) is 14.5. The van der Waals surface area contributed by atoms with Crippen LogP contribution in [0.25, 0.3) is 0 Å². The Morgan fingerprint density at radius 3 is 2.26 bits per heavy atom. The highest BCUT2D eigenvalue weighted by atomic mass is 32.2. The van der Waals surface area contributed by atoms with E-state index in [9.17, 15) is 22.8 Å². The van der Waals surface area contributed by atoms with E-state index in [0.717, 1.165) is 44.6 Å². The lowest BCUT2D eigenvalue weighted by atomic mass is 10.0. The molecule has 1 aliphatic rings. The highest BCUT2D eigenvalue weighted by Crippen LogP contribution is 2.37. The third kappa shape index (κ3) is 13.1. The molecule has 0 aromatic heterocycles. The van der Waals surface area contributed by atoms with E-state index < -0.39 is 17.4 Å². The molecule has 0 spiro atoms. The summed E-state index contributed by atoms with van der Waals surface area (Å²) in [7, 11) is 0. The molecule has 0 atom stereocenters. The first-order valence-corrected chi connectivity index (χ1v) is 10.7. The lowest BCUT2D eigenvalue weighted by Crippen LogP contribution is -2.44. The Labute approximate surface area is 184 Å². The Hall–Kier alpha value is -2.04. The van der Waals surface area contributed by atoms with Crippen LogP contribution in [0.1, 0.15) is 32.3 Å². The molecule has 10 heteroatoms. The minimum absolute atomic E-state index is 0.0370. The summed E-state index contributed by atoms with van der Waals surface area (Å²) >= 11 is -0.0370. The van der Waals surface area contributed by atoms with Crippen LogP contribution in [0.15, 0.2) is 41.3 Å². The van der Waals surface area contributed by atoms with Crippen molar-refractivity contribution in [2.45, 2.75) is 49.7 Å². The Morgan fingerprint density at radius 2 is 1.77 bits per heavy atom. The molecule has 3 N–H and O–H groups in total. The first kappa shape index (κ1) is 27.0. The quantitative estimate of drug-likeness (QED) is 0.394. The summed E-state index contributed by atoms with van der Waals surface area (Å²) in [5.41, 5.74) is -3.27. The zero-order chi connectivity index (χ0) is 23.4. The molecule has 1 saturated heterocycles. The molecule has 6 nitrogen and oxygen atoms in total. The fourth-order valence-electron chi connectivity index (χ4n) is 3.20. The van der Waals surface area contributed by atoms with Gasteiger partial charge >= 0.3 is 17.4 Å². The lowest BCUT2D eigenvalue weighted by molar-refractivity contribution is -0.134. The van der Waals surface area contributed by atoms with Gasteiger partial charge in [-0.15, -0.1) is 0 Å². The SMILES string of the molecule is CC(C)CN(Cc1cccc(SC(F)(F)F)c1)C1CCNCC1.O=C(O)C=CC(=O)O. The van der Waals surface area contributed by atoms with Crippen molar-refractivity contribution < 1.29 is 33.0 Å². The van der Waals surface area contributed by atoms with Crippen molar-refractivity contribution >= 4 is 23.7 Å². The summed E-state index contributed by atoms with van der Waals surface area (Å²) in [6.07, 6.45) is 3.32. The molecule has 0 bridgehead atoms. The van der Waals surface area contributed by atoms with Crippen molar-refractivity contribution in [1.29, 1.82) is 0 Å². The van der Waals surface area contributed by atoms with Gasteiger partial charge in [0.2, 0.25) is 0 Å². The predicted octanol–water partition coefficient (Wildman–Crippen LogP) is 4.22. The summed E-state index contributed by atoms with van der Waals surface area (Å²) in [4.78, 5) is 21.8. The Balaban J connectivity index is 0.000000512. The number of nitrogens with zero attached hydrogens (tertiary/aromatic N) is 1. The number of benzene rings is 1. The average Bonchev–Trinajstić information content (AvgIpc) is 2.66. The second-order valence-corrected chi connectivity index (χ2v) is 8.65. The average molecular weight is 463 g/mol. The fraction of sp³-hybridized carbons (Fsp3) is 0.524. The normalized spacial score (nSPS) is 15.2. The molecule has 1 fully saturated rings. The molecular formula is C21H29F3N2O4S. The topological polar surface area (TPSA) is 89.9 Å². The number of nitrogens with one attached hydrogen (secondary N) is 1. The number of piperidine rings is 1. The van der Waals surface area contributed by atoms with Crippen LogP contribution < -0.4 is 5.32 Å². The van der Waals surface area contributed by atoms with Gasteiger partial charge in [-0.05, 0) is 61.3 Å². The molecule has 174 valence electrons. The van der Waals surface area contributed by atoms with Crippen molar-refractivity contribution in [3.63, 3.8) is 0 Å². The highest BCUT2D eigenvalue weighted by molar-refractivity contribution is 8.00. The number of aliphatic carboxylic acids is 2. The van der Waals surface area contributed by atoms with Crippen molar-refractivity contribution in [2.24, 2.45) is 5.92 Å². The van der Waals surface area contributed by atoms with Gasteiger partial charge in [-0.3, -0.25) is 4.90 Å². The summed E-state index contributed by atoms with van der Waals surface area (Å²) < 4.78 is 37.6. The lowest BCUT2D eigenvalue weighted by Gasteiger charge is -2.36. The summed E-state index contributed by atoms with van der Waals surface area (Å²) in [5, 5.41) is 19.0. The molecule has 1 heterocycles. The van der Waals surface area contributed by atoms with Crippen LogP contribution in [0.2, 0.25) is 0 Å². The van der Waals surface area contributed by atoms with E-state index in [2.05, 4.69) is 24.1 Å². The Bertz CT molecular complexity index is 720. The fourth-order valence-corrected chi connectivity index (χ4v) is 3.83. The van der Waals surface area contributed by atoms with Crippen LogP contribution in [0.3, 0.4) is 0 Å². The van der Waals surface area contributed by atoms with E-state index in [1.165, 1.54) is 6.07 Å².